The lowest BCUT2D eigenvalue weighted by atomic mass is 9.88. The molecule has 2 rings (SSSR count). The van der Waals surface area contributed by atoms with Gasteiger partial charge in [-0.25, -0.2) is 8.78 Å². The van der Waals surface area contributed by atoms with Gasteiger partial charge in [0.1, 0.15) is 5.82 Å². The van der Waals surface area contributed by atoms with E-state index < -0.39 is 11.5 Å². The average molecular weight is 312 g/mol. The number of nitrogens with two attached hydrogens (primary N) is 1. The summed E-state index contributed by atoms with van der Waals surface area (Å²) in [6, 6.07) is 12.9. The number of hydrogen-bond acceptors (Lipinski definition) is 1. The third-order valence-electron chi connectivity index (χ3n) is 2.89. The number of benzene rings is 2. The van der Waals surface area contributed by atoms with Crippen LogP contribution in [0, 0.1) is 5.82 Å². The van der Waals surface area contributed by atoms with E-state index in [2.05, 4.69) is 15.9 Å². The van der Waals surface area contributed by atoms with Crippen LogP contribution in [0.3, 0.4) is 0 Å². The van der Waals surface area contributed by atoms with Crippen molar-refractivity contribution in [3.8, 4) is 0 Å². The van der Waals surface area contributed by atoms with Gasteiger partial charge in [-0.3, -0.25) is 0 Å². The van der Waals surface area contributed by atoms with E-state index in [0.29, 0.717) is 5.56 Å². The highest BCUT2D eigenvalue weighted by Gasteiger charge is 2.35. The Morgan fingerprint density at radius 2 is 1.72 bits per heavy atom. The minimum absolute atomic E-state index is 0.0504. The topological polar surface area (TPSA) is 26.0 Å². The van der Waals surface area contributed by atoms with Crippen molar-refractivity contribution in [2.45, 2.75) is 5.67 Å². The minimum Gasteiger partial charge on any atom is -0.327 e. The molecule has 0 amide bonds. The summed E-state index contributed by atoms with van der Waals surface area (Å²) in [5.74, 6) is -0.616. The lowest BCUT2D eigenvalue weighted by molar-refractivity contribution is 0.224. The van der Waals surface area contributed by atoms with Crippen LogP contribution in [0.4, 0.5) is 8.78 Å². The first-order valence-electron chi connectivity index (χ1n) is 5.48. The fraction of sp³-hybridized carbons (Fsp3) is 0.143. The summed E-state index contributed by atoms with van der Waals surface area (Å²) < 4.78 is 29.3. The molecule has 2 aromatic rings. The van der Waals surface area contributed by atoms with Crippen molar-refractivity contribution in [2.75, 3.05) is 6.54 Å². The first-order valence-corrected chi connectivity index (χ1v) is 6.28. The number of halogens is 3. The standard InChI is InChI=1S/C14H12BrF2N/c15-12-8-4-7-11(13(12)16)14(17,9-18)10-5-2-1-3-6-10/h1-8H,9,18H2. The highest BCUT2D eigenvalue weighted by molar-refractivity contribution is 9.10. The van der Waals surface area contributed by atoms with Crippen LogP contribution in [0.5, 0.6) is 0 Å². The van der Waals surface area contributed by atoms with Crippen molar-refractivity contribution in [1.29, 1.82) is 0 Å². The van der Waals surface area contributed by atoms with E-state index in [1.807, 2.05) is 0 Å². The van der Waals surface area contributed by atoms with E-state index in [0.717, 1.165) is 0 Å². The maximum atomic E-state index is 15.0. The second-order valence-corrected chi connectivity index (χ2v) is 4.83. The Bertz CT molecular complexity index is 545. The van der Waals surface area contributed by atoms with Gasteiger partial charge < -0.3 is 5.73 Å². The van der Waals surface area contributed by atoms with Crippen LogP contribution in [0.1, 0.15) is 11.1 Å². The van der Waals surface area contributed by atoms with Crippen molar-refractivity contribution in [2.24, 2.45) is 5.73 Å². The lowest BCUT2D eigenvalue weighted by Crippen LogP contribution is -2.32. The molecule has 1 nitrogen and oxygen atoms in total. The van der Waals surface area contributed by atoms with Crippen molar-refractivity contribution < 1.29 is 8.78 Å². The molecule has 0 spiro atoms. The number of hydrogen-bond donors (Lipinski definition) is 1. The normalized spacial score (nSPS) is 14.2. The summed E-state index contributed by atoms with van der Waals surface area (Å²) in [6.45, 7) is -0.315. The zero-order valence-corrected chi connectivity index (χ0v) is 11.1. The summed E-state index contributed by atoms with van der Waals surface area (Å²) >= 11 is 3.06. The van der Waals surface area contributed by atoms with Gasteiger partial charge in [0.25, 0.3) is 0 Å². The summed E-state index contributed by atoms with van der Waals surface area (Å²) in [4.78, 5) is 0. The molecule has 94 valence electrons. The first kappa shape index (κ1) is 13.2. The Labute approximate surface area is 113 Å². The summed E-state index contributed by atoms with van der Waals surface area (Å²) in [5.41, 5.74) is 3.82. The molecule has 0 aliphatic heterocycles. The molecule has 0 fully saturated rings. The van der Waals surface area contributed by atoms with Gasteiger partial charge >= 0.3 is 0 Å². The predicted molar refractivity (Wildman–Crippen MR) is 71.5 cm³/mol. The quantitative estimate of drug-likeness (QED) is 0.917. The molecule has 0 saturated heterocycles. The van der Waals surface area contributed by atoms with Gasteiger partial charge in [0.05, 0.1) is 4.47 Å². The van der Waals surface area contributed by atoms with Gasteiger partial charge in [-0.2, -0.15) is 0 Å². The van der Waals surface area contributed by atoms with Crippen LogP contribution in [0.2, 0.25) is 0 Å². The summed E-state index contributed by atoms with van der Waals surface area (Å²) in [6.07, 6.45) is 0. The second kappa shape index (κ2) is 5.16. The zero-order chi connectivity index (χ0) is 13.2. The van der Waals surface area contributed by atoms with Gasteiger partial charge in [-0.1, -0.05) is 42.5 Å². The van der Waals surface area contributed by atoms with E-state index in [-0.39, 0.29) is 16.6 Å². The van der Waals surface area contributed by atoms with Crippen molar-refractivity contribution in [3.63, 3.8) is 0 Å². The molecule has 18 heavy (non-hydrogen) atoms. The molecule has 0 radical (unpaired) electrons. The Hall–Kier alpha value is -1.26. The van der Waals surface area contributed by atoms with Crippen LogP contribution in [0.15, 0.2) is 53.0 Å². The molecule has 2 N–H and O–H groups in total. The van der Waals surface area contributed by atoms with Gasteiger partial charge in [0.2, 0.25) is 0 Å². The molecule has 4 heteroatoms. The predicted octanol–water partition coefficient (Wildman–Crippen LogP) is 3.76. The first-order chi connectivity index (χ1) is 8.59. The number of alkyl halides is 1. The van der Waals surface area contributed by atoms with Crippen LogP contribution in [-0.4, -0.2) is 6.54 Å². The summed E-state index contributed by atoms with van der Waals surface area (Å²) in [7, 11) is 0. The smallest absolute Gasteiger partial charge is 0.176 e. The molecule has 0 bridgehead atoms. The Balaban J connectivity index is 2.61. The minimum atomic E-state index is -2.02. The Morgan fingerprint density at radius 1 is 1.06 bits per heavy atom. The maximum Gasteiger partial charge on any atom is 0.176 e. The monoisotopic (exact) mass is 311 g/mol. The highest BCUT2D eigenvalue weighted by atomic mass is 79.9. The van der Waals surface area contributed by atoms with Gasteiger partial charge in [-0.15, -0.1) is 0 Å². The highest BCUT2D eigenvalue weighted by Crippen LogP contribution is 2.36. The van der Waals surface area contributed by atoms with E-state index in [1.165, 1.54) is 12.1 Å². The van der Waals surface area contributed by atoms with Crippen molar-refractivity contribution in [1.82, 2.24) is 0 Å². The molecular weight excluding hydrogens is 300 g/mol. The molecule has 0 saturated carbocycles. The molecule has 0 aliphatic rings. The van der Waals surface area contributed by atoms with E-state index in [1.54, 1.807) is 36.4 Å². The molecular formula is C14H12BrF2N. The zero-order valence-electron chi connectivity index (χ0n) is 9.54. The SMILES string of the molecule is NCC(F)(c1ccccc1)c1cccc(Br)c1F. The molecule has 0 aromatic heterocycles. The van der Waals surface area contributed by atoms with Crippen molar-refractivity contribution >= 4 is 15.9 Å². The molecule has 1 unspecified atom stereocenters. The molecule has 0 heterocycles. The average Bonchev–Trinajstić information content (AvgIpc) is 2.42. The van der Waals surface area contributed by atoms with Crippen LogP contribution < -0.4 is 5.73 Å². The van der Waals surface area contributed by atoms with Crippen LogP contribution in [-0.2, 0) is 5.67 Å². The van der Waals surface area contributed by atoms with E-state index >= 15 is 4.39 Å². The fourth-order valence-electron chi connectivity index (χ4n) is 1.90. The second-order valence-electron chi connectivity index (χ2n) is 3.97. The summed E-state index contributed by atoms with van der Waals surface area (Å²) in [5, 5.41) is 0. The third-order valence-corrected chi connectivity index (χ3v) is 3.50. The van der Waals surface area contributed by atoms with Crippen molar-refractivity contribution in [3.05, 3.63) is 69.9 Å². The van der Waals surface area contributed by atoms with Crippen LogP contribution >= 0.6 is 15.9 Å². The maximum absolute atomic E-state index is 15.0. The van der Waals surface area contributed by atoms with Gasteiger partial charge in [0, 0.05) is 12.1 Å². The molecule has 2 aromatic carbocycles. The van der Waals surface area contributed by atoms with E-state index in [4.69, 9.17) is 5.73 Å². The molecule has 1 atom stereocenters. The molecule has 0 aliphatic carbocycles. The van der Waals surface area contributed by atoms with E-state index in [9.17, 15) is 4.39 Å². The van der Waals surface area contributed by atoms with Gasteiger partial charge in [0.15, 0.2) is 5.67 Å². The van der Waals surface area contributed by atoms with Gasteiger partial charge in [-0.05, 0) is 27.6 Å². The third kappa shape index (κ3) is 2.18. The fourth-order valence-corrected chi connectivity index (χ4v) is 2.26. The Morgan fingerprint density at radius 3 is 2.33 bits per heavy atom. The Kier molecular flexibility index (Phi) is 3.78. The number of rotatable bonds is 3. The largest absolute Gasteiger partial charge is 0.327 e. The lowest BCUT2D eigenvalue weighted by Gasteiger charge is -2.25. The van der Waals surface area contributed by atoms with Crippen LogP contribution in [0.25, 0.3) is 0 Å².